The van der Waals surface area contributed by atoms with Crippen LogP contribution in [-0.2, 0) is 37.8 Å². The second-order valence-corrected chi connectivity index (χ2v) is 0.715. The molecule has 0 aromatic rings. The molecule has 0 rings (SSSR count). The maximum Gasteiger partial charge on any atom is 2.00 e. The first-order valence-corrected chi connectivity index (χ1v) is 1.46. The minimum atomic E-state index is -1.75. The van der Waals surface area contributed by atoms with Crippen molar-refractivity contribution in [2.75, 3.05) is 0 Å². The van der Waals surface area contributed by atoms with Gasteiger partial charge in [-0.2, -0.15) is 0 Å². The SMILES string of the molecule is CC(=O)[O-].O=[N+]([O-])[O-].[Ni+2].[Ni]. The smallest absolute Gasteiger partial charge is 0.550 e. The fourth-order valence-corrected chi connectivity index (χ4v) is 0. The van der Waals surface area contributed by atoms with Gasteiger partial charge in [-0.05, 0) is 6.92 Å². The summed E-state index contributed by atoms with van der Waals surface area (Å²) in [5.41, 5.74) is 0. The molecule has 8 heteroatoms. The van der Waals surface area contributed by atoms with Crippen molar-refractivity contribution in [3.63, 3.8) is 0 Å². The molecular weight excluding hydrogens is 235 g/mol. The fraction of sp³-hybridized carbons (Fsp3) is 0.500. The zero-order valence-corrected chi connectivity index (χ0v) is 6.60. The van der Waals surface area contributed by atoms with E-state index in [0.717, 1.165) is 6.92 Å². The molecule has 0 aromatic carbocycles. The molecule has 0 saturated carbocycles. The van der Waals surface area contributed by atoms with Gasteiger partial charge in [-0.1, -0.05) is 0 Å². The van der Waals surface area contributed by atoms with Crippen molar-refractivity contribution in [1.29, 1.82) is 0 Å². The van der Waals surface area contributed by atoms with E-state index in [1.54, 1.807) is 0 Å². The largest absolute Gasteiger partial charge is 2.00 e. The number of hydrogen-bond donors (Lipinski definition) is 0. The van der Waals surface area contributed by atoms with Gasteiger partial charge in [0, 0.05) is 22.5 Å². The molecule has 0 bridgehead atoms. The number of nitrogens with zero attached hydrogens (tertiary/aromatic N) is 1. The molecule has 0 saturated heterocycles. The van der Waals surface area contributed by atoms with Gasteiger partial charge in [-0.3, -0.25) is 0 Å². The summed E-state index contributed by atoms with van der Waals surface area (Å²) in [5, 5.41) is 23.6. The summed E-state index contributed by atoms with van der Waals surface area (Å²) in [6.45, 7) is 0.972. The van der Waals surface area contributed by atoms with E-state index in [-0.39, 0.29) is 33.0 Å². The topological polar surface area (TPSA) is 106 Å². The van der Waals surface area contributed by atoms with Crippen molar-refractivity contribution >= 4 is 5.97 Å². The number of aliphatic carboxylic acids is 1. The van der Waals surface area contributed by atoms with E-state index in [2.05, 4.69) is 0 Å². The van der Waals surface area contributed by atoms with Crippen molar-refractivity contribution in [2.45, 2.75) is 6.92 Å². The van der Waals surface area contributed by atoms with Crippen LogP contribution in [0.3, 0.4) is 0 Å². The fourth-order valence-electron chi connectivity index (χ4n) is 0. The summed E-state index contributed by atoms with van der Waals surface area (Å²) in [6.07, 6.45) is 0. The van der Waals surface area contributed by atoms with Gasteiger partial charge in [-0.25, -0.2) is 0 Å². The van der Waals surface area contributed by atoms with Gasteiger partial charge in [0.15, 0.2) is 0 Å². The molecule has 0 N–H and O–H groups in total. The van der Waals surface area contributed by atoms with Crippen molar-refractivity contribution < 1.29 is 48.0 Å². The van der Waals surface area contributed by atoms with Crippen LogP contribution >= 0.6 is 0 Å². The van der Waals surface area contributed by atoms with Crippen LogP contribution in [0.4, 0.5) is 0 Å². The number of carbonyl (C=O) groups excluding carboxylic acids is 1. The number of carboxylic acid groups (broad SMARTS) is 1. The molecule has 0 aliphatic carbocycles. The minimum absolute atomic E-state index is 0. The first-order chi connectivity index (χ1) is 3.46. The molecule has 0 amide bonds. The number of hydrogen-bond acceptors (Lipinski definition) is 5. The van der Waals surface area contributed by atoms with E-state index in [4.69, 9.17) is 25.2 Å². The van der Waals surface area contributed by atoms with Crippen molar-refractivity contribution in [3.8, 4) is 0 Å². The van der Waals surface area contributed by atoms with Gasteiger partial charge >= 0.3 is 16.5 Å². The maximum atomic E-state index is 8.89. The van der Waals surface area contributed by atoms with Gasteiger partial charge < -0.3 is 25.2 Å². The zero-order valence-electron chi connectivity index (χ0n) is 4.62. The molecule has 0 unspecified atom stereocenters. The van der Waals surface area contributed by atoms with Gasteiger partial charge in [0.2, 0.25) is 0 Å². The van der Waals surface area contributed by atoms with E-state index in [9.17, 15) is 0 Å². The van der Waals surface area contributed by atoms with E-state index < -0.39 is 11.1 Å². The van der Waals surface area contributed by atoms with Crippen LogP contribution in [0.2, 0.25) is 0 Å². The van der Waals surface area contributed by atoms with Crippen molar-refractivity contribution in [1.82, 2.24) is 0 Å². The Morgan fingerprint density at radius 2 is 1.40 bits per heavy atom. The molecule has 0 radical (unpaired) electrons. The van der Waals surface area contributed by atoms with E-state index in [1.165, 1.54) is 0 Å². The molecule has 0 atom stereocenters. The Kier molecular flexibility index (Phi) is 35.9. The molecule has 0 fully saturated rings. The predicted octanol–water partition coefficient (Wildman–Crippen LogP) is -1.49. The van der Waals surface area contributed by atoms with Gasteiger partial charge in [0.1, 0.15) is 0 Å². The van der Waals surface area contributed by atoms with Gasteiger partial charge in [0.05, 0.1) is 5.09 Å². The standard InChI is InChI=1S/C2H4O2.NO3.2Ni/c1-2(3)4;2-1(3)4;;/h1H3,(H,3,4);;;/q;-1;;+2/p-1. The number of carbonyl (C=O) groups is 1. The normalized spacial score (nSPS) is 4.90. The van der Waals surface area contributed by atoms with Crippen molar-refractivity contribution in [2.24, 2.45) is 0 Å². The Hall–Kier alpha value is -0.343. The Morgan fingerprint density at radius 3 is 1.40 bits per heavy atom. The van der Waals surface area contributed by atoms with E-state index >= 15 is 0 Å². The van der Waals surface area contributed by atoms with Crippen LogP contribution in [0.1, 0.15) is 6.92 Å². The Bertz CT molecular complexity index is 75.6. The van der Waals surface area contributed by atoms with Gasteiger partial charge in [0.25, 0.3) is 0 Å². The summed E-state index contributed by atoms with van der Waals surface area (Å²) < 4.78 is 0. The van der Waals surface area contributed by atoms with Crippen LogP contribution in [0, 0.1) is 15.3 Å². The Balaban J connectivity index is -0.0000000300. The average Bonchev–Trinajstić information content (AvgIpc) is 1.25. The monoisotopic (exact) mass is 237 g/mol. The first-order valence-electron chi connectivity index (χ1n) is 1.46. The second-order valence-electron chi connectivity index (χ2n) is 0.715. The second kappa shape index (κ2) is 15.9. The van der Waals surface area contributed by atoms with Gasteiger partial charge in [-0.15, -0.1) is 0 Å². The molecule has 66 valence electrons. The summed E-state index contributed by atoms with van der Waals surface area (Å²) in [7, 11) is 0. The van der Waals surface area contributed by atoms with Crippen LogP contribution in [0.15, 0.2) is 0 Å². The quantitative estimate of drug-likeness (QED) is 0.290. The zero-order chi connectivity index (χ0) is 7.15. The van der Waals surface area contributed by atoms with Crippen LogP contribution < -0.4 is 5.11 Å². The molecule has 0 spiro atoms. The molecular formula is C2H3NNi2O5. The summed E-state index contributed by atoms with van der Waals surface area (Å²) in [6, 6.07) is 0. The third-order valence-corrected chi connectivity index (χ3v) is 0. The summed E-state index contributed by atoms with van der Waals surface area (Å²) in [5.74, 6) is -1.08. The molecule has 10 heavy (non-hydrogen) atoms. The summed E-state index contributed by atoms with van der Waals surface area (Å²) >= 11 is 0. The molecule has 0 aromatic heterocycles. The van der Waals surface area contributed by atoms with Crippen LogP contribution in [0.5, 0.6) is 0 Å². The minimum Gasteiger partial charge on any atom is -0.550 e. The molecule has 0 aliphatic rings. The summed E-state index contributed by atoms with van der Waals surface area (Å²) in [4.78, 5) is 17.1. The number of rotatable bonds is 0. The van der Waals surface area contributed by atoms with Crippen LogP contribution in [-0.4, -0.2) is 11.1 Å². The van der Waals surface area contributed by atoms with Crippen LogP contribution in [0.25, 0.3) is 0 Å². The molecule has 0 heterocycles. The third-order valence-electron chi connectivity index (χ3n) is 0. The van der Waals surface area contributed by atoms with E-state index in [0.29, 0.717) is 0 Å². The average molecular weight is 238 g/mol. The molecule has 0 aliphatic heterocycles. The Labute approximate surface area is 76.6 Å². The first kappa shape index (κ1) is 22.6. The molecule has 6 nitrogen and oxygen atoms in total. The van der Waals surface area contributed by atoms with E-state index in [1.807, 2.05) is 0 Å². The third kappa shape index (κ3) is 2880. The number of carboxylic acids is 1. The Morgan fingerprint density at radius 1 is 1.40 bits per heavy atom. The predicted molar refractivity (Wildman–Crippen MR) is 21.0 cm³/mol. The van der Waals surface area contributed by atoms with Crippen molar-refractivity contribution in [3.05, 3.63) is 15.3 Å². The maximum absolute atomic E-state index is 8.89.